The van der Waals surface area contributed by atoms with Crippen LogP contribution in [-0.4, -0.2) is 87.4 Å². The molecular weight excluding hydrogens is 1260 g/mol. The molecule has 0 aromatic carbocycles. The van der Waals surface area contributed by atoms with Gasteiger partial charge in [0.05, 0.1) is 34.4 Å². The minimum atomic E-state index is -1.52. The third kappa shape index (κ3) is 82.7. The number of unbranched alkanes of at least 4 members (excludes halogenated alkanes) is 42. The topological polar surface area (TPSA) is 108 Å². The standard InChI is InChI=1S/C93H161NO8/c1-6-8-10-12-14-16-18-20-22-24-26-28-30-32-34-36-38-40-42-44-46-48-50-52-54-56-58-60-62-64-66-68-70-72-74-76-78-80-82-84-91(96)102-89(88-101-93(92(97)98)99-86-85-94(3,4)5)87-100-90(95)83-81-79-77-75-73-71-69-67-65-63-61-59-57-55-53-51-49-47-45-43-41-39-37-35-33-31-29-27-25-23-21-19-17-15-13-11-9-7-2/h8,10,14,16,20,22,26,28,32,34,38,40,44,46,50,52,56,58,62,64,68,70,89,93H,6-7,9,11-13,15,17-19,21,23-25,27,29-31,33,35-37,39,41-43,45,47-49,51,53-55,57,59-61,63,65-67,69,71-88H2,1-5H3/p+1/b10-8-,16-14-,22-20-,28-26-,34-32-,40-38-,46-44-,52-50-,58-56-,64-62-,70-68-. The summed E-state index contributed by atoms with van der Waals surface area (Å²) < 4.78 is 23.0. The third-order valence-electron chi connectivity index (χ3n) is 18.7. The van der Waals surface area contributed by atoms with Crippen molar-refractivity contribution >= 4 is 17.9 Å². The first-order valence-corrected chi connectivity index (χ1v) is 42.8. The molecule has 0 aliphatic rings. The number of hydrogen-bond acceptors (Lipinski definition) is 7. The Morgan fingerprint density at radius 2 is 0.559 bits per heavy atom. The van der Waals surface area contributed by atoms with E-state index in [1.54, 1.807) is 0 Å². The van der Waals surface area contributed by atoms with Gasteiger partial charge in [0.25, 0.3) is 6.29 Å². The van der Waals surface area contributed by atoms with E-state index in [0.29, 0.717) is 23.9 Å². The number of quaternary nitrogens is 1. The van der Waals surface area contributed by atoms with Crippen molar-refractivity contribution in [1.82, 2.24) is 0 Å². The maximum atomic E-state index is 13.0. The van der Waals surface area contributed by atoms with Gasteiger partial charge in [-0.1, -0.05) is 404 Å². The Hall–Kier alpha value is -4.57. The van der Waals surface area contributed by atoms with Crippen LogP contribution in [0, 0.1) is 0 Å². The molecule has 2 unspecified atom stereocenters. The summed E-state index contributed by atoms with van der Waals surface area (Å²) in [5.74, 6) is -2.02. The molecule has 0 aromatic rings. The Balaban J connectivity index is 4.06. The van der Waals surface area contributed by atoms with Crippen LogP contribution in [0.4, 0.5) is 0 Å². The summed E-state index contributed by atoms with van der Waals surface area (Å²) >= 11 is 0. The van der Waals surface area contributed by atoms with E-state index < -0.39 is 24.3 Å². The second-order valence-electron chi connectivity index (χ2n) is 29.8. The molecule has 0 saturated carbocycles. The van der Waals surface area contributed by atoms with E-state index in [0.717, 1.165) is 122 Å². The molecule has 0 saturated heterocycles. The highest BCUT2D eigenvalue weighted by Crippen LogP contribution is 2.19. The number of ether oxygens (including phenoxy) is 4. The van der Waals surface area contributed by atoms with Crippen LogP contribution in [0.2, 0.25) is 0 Å². The maximum absolute atomic E-state index is 13.0. The molecule has 9 nitrogen and oxygen atoms in total. The number of carboxylic acid groups (broad SMARTS) is 1. The molecule has 0 aromatic heterocycles. The van der Waals surface area contributed by atoms with Crippen molar-refractivity contribution in [2.75, 3.05) is 47.5 Å². The highest BCUT2D eigenvalue weighted by Gasteiger charge is 2.25. The zero-order valence-electron chi connectivity index (χ0n) is 67.2. The maximum Gasteiger partial charge on any atom is 0.361 e. The molecule has 0 bridgehead atoms. The number of nitrogens with zero attached hydrogens (tertiary/aromatic N) is 1. The number of carbonyl (C=O) groups is 3. The molecular formula is C93H162NO8+. The Morgan fingerprint density at radius 1 is 0.304 bits per heavy atom. The molecule has 586 valence electrons. The number of hydrogen-bond donors (Lipinski definition) is 1. The van der Waals surface area contributed by atoms with E-state index in [-0.39, 0.29) is 32.2 Å². The summed E-state index contributed by atoms with van der Waals surface area (Å²) in [6.07, 6.45) is 116. The summed E-state index contributed by atoms with van der Waals surface area (Å²) in [5, 5.41) is 9.78. The Morgan fingerprint density at radius 3 is 0.833 bits per heavy atom. The van der Waals surface area contributed by atoms with Crippen molar-refractivity contribution in [3.05, 3.63) is 134 Å². The van der Waals surface area contributed by atoms with Crippen LogP contribution in [0.1, 0.15) is 380 Å². The lowest BCUT2D eigenvalue weighted by atomic mass is 10.0. The first-order chi connectivity index (χ1) is 50.1. The normalized spacial score (nSPS) is 13.3. The summed E-state index contributed by atoms with van der Waals surface area (Å²) in [4.78, 5) is 37.8. The Labute approximate surface area is 630 Å². The van der Waals surface area contributed by atoms with E-state index in [4.69, 9.17) is 18.9 Å². The molecule has 2 atom stereocenters. The minimum absolute atomic E-state index is 0.179. The zero-order chi connectivity index (χ0) is 73.9. The quantitative estimate of drug-likeness (QED) is 0.0211. The smallest absolute Gasteiger partial charge is 0.361 e. The molecule has 1 N–H and O–H groups in total. The minimum Gasteiger partial charge on any atom is -0.477 e. The van der Waals surface area contributed by atoms with Crippen LogP contribution in [0.3, 0.4) is 0 Å². The largest absolute Gasteiger partial charge is 0.477 e. The lowest BCUT2D eigenvalue weighted by molar-refractivity contribution is -0.870. The fourth-order valence-electron chi connectivity index (χ4n) is 12.2. The van der Waals surface area contributed by atoms with Gasteiger partial charge in [0.1, 0.15) is 13.2 Å². The van der Waals surface area contributed by atoms with E-state index in [2.05, 4.69) is 148 Å². The van der Waals surface area contributed by atoms with Crippen molar-refractivity contribution in [2.24, 2.45) is 0 Å². The monoisotopic (exact) mass is 1420 g/mol. The van der Waals surface area contributed by atoms with Gasteiger partial charge in [0.2, 0.25) is 0 Å². The summed E-state index contributed by atoms with van der Waals surface area (Å²) in [6, 6.07) is 0. The predicted octanol–water partition coefficient (Wildman–Crippen LogP) is 28.0. The molecule has 0 aliphatic heterocycles. The van der Waals surface area contributed by atoms with Gasteiger partial charge >= 0.3 is 17.9 Å². The molecule has 0 aliphatic carbocycles. The Kier molecular flexibility index (Phi) is 78.4. The lowest BCUT2D eigenvalue weighted by Crippen LogP contribution is -2.40. The fourth-order valence-corrected chi connectivity index (χ4v) is 12.2. The molecule has 0 heterocycles. The van der Waals surface area contributed by atoms with E-state index >= 15 is 0 Å². The summed E-state index contributed by atoms with van der Waals surface area (Å²) in [6.45, 7) is 4.78. The van der Waals surface area contributed by atoms with E-state index in [1.165, 1.54) is 225 Å². The average Bonchev–Trinajstić information content (AvgIpc) is 0.997. The fraction of sp³-hybridized carbons (Fsp3) is 0.731. The van der Waals surface area contributed by atoms with Gasteiger partial charge in [0, 0.05) is 12.8 Å². The van der Waals surface area contributed by atoms with Crippen LogP contribution in [0.15, 0.2) is 134 Å². The van der Waals surface area contributed by atoms with Crippen LogP contribution in [0.5, 0.6) is 0 Å². The molecule has 9 heteroatoms. The van der Waals surface area contributed by atoms with Gasteiger partial charge in [-0.05, 0) is 96.3 Å². The van der Waals surface area contributed by atoms with Crippen LogP contribution < -0.4 is 0 Å². The first-order valence-electron chi connectivity index (χ1n) is 42.8. The second-order valence-corrected chi connectivity index (χ2v) is 29.8. The predicted molar refractivity (Wildman–Crippen MR) is 442 cm³/mol. The second kappa shape index (κ2) is 82.1. The number of esters is 2. The third-order valence-corrected chi connectivity index (χ3v) is 18.7. The SMILES string of the molecule is CC/C=C\C/C=C\C/C=C\C/C=C\C/C=C\C/C=C\C/C=C\C/C=C\C/C=C\C/C=C\C/C=C\CCCCCCCC(=O)OC(COC(=O)CCCCCCCCCCCCCCCCCCCCCCCCCCCCCCCCCCCCCCCC)COC(OCC[N+](C)(C)C)C(=O)O. The lowest BCUT2D eigenvalue weighted by Gasteiger charge is -2.25. The number of carboxylic acids is 1. The van der Waals surface area contributed by atoms with Crippen molar-refractivity contribution in [3.8, 4) is 0 Å². The molecule has 0 radical (unpaired) electrons. The first kappa shape index (κ1) is 97.4. The van der Waals surface area contributed by atoms with Crippen molar-refractivity contribution < 1.29 is 42.9 Å². The molecule has 0 amide bonds. The summed E-state index contributed by atoms with van der Waals surface area (Å²) in [7, 11) is 5.98. The van der Waals surface area contributed by atoms with E-state index in [1.807, 2.05) is 21.1 Å². The van der Waals surface area contributed by atoms with Gasteiger partial charge in [-0.3, -0.25) is 9.59 Å². The molecule has 102 heavy (non-hydrogen) atoms. The zero-order valence-corrected chi connectivity index (χ0v) is 67.2. The van der Waals surface area contributed by atoms with E-state index in [9.17, 15) is 19.5 Å². The van der Waals surface area contributed by atoms with Gasteiger partial charge in [0.15, 0.2) is 6.10 Å². The molecule has 0 spiro atoms. The molecule has 0 fully saturated rings. The van der Waals surface area contributed by atoms with Crippen LogP contribution in [-0.2, 0) is 33.3 Å². The van der Waals surface area contributed by atoms with Gasteiger partial charge in [-0.2, -0.15) is 0 Å². The van der Waals surface area contributed by atoms with Gasteiger partial charge < -0.3 is 28.5 Å². The number of allylic oxidation sites excluding steroid dienone is 22. The molecule has 0 rings (SSSR count). The highest BCUT2D eigenvalue weighted by molar-refractivity contribution is 5.71. The summed E-state index contributed by atoms with van der Waals surface area (Å²) in [5.41, 5.74) is 0. The number of likely N-dealkylation sites (N-methyl/N-ethyl adjacent to an activating group) is 1. The van der Waals surface area contributed by atoms with Gasteiger partial charge in [-0.25, -0.2) is 4.79 Å². The highest BCUT2D eigenvalue weighted by atomic mass is 16.7. The van der Waals surface area contributed by atoms with Crippen molar-refractivity contribution in [2.45, 2.75) is 392 Å². The van der Waals surface area contributed by atoms with Crippen LogP contribution >= 0.6 is 0 Å². The number of rotatable bonds is 79. The van der Waals surface area contributed by atoms with Crippen LogP contribution in [0.25, 0.3) is 0 Å². The van der Waals surface area contributed by atoms with Crippen molar-refractivity contribution in [1.29, 1.82) is 0 Å². The number of aliphatic carboxylic acids is 1. The average molecular weight is 1420 g/mol. The van der Waals surface area contributed by atoms with Crippen molar-refractivity contribution in [3.63, 3.8) is 0 Å². The Bertz CT molecular complexity index is 2150. The number of carbonyl (C=O) groups excluding carboxylic acids is 2. The van der Waals surface area contributed by atoms with Gasteiger partial charge in [-0.15, -0.1) is 0 Å².